The highest BCUT2D eigenvalue weighted by atomic mass is 16.5. The minimum atomic E-state index is -0.102. The Kier molecular flexibility index (Phi) is 6.13. The maximum Gasteiger partial charge on any atom is 0.317 e. The molecule has 0 unspecified atom stereocenters. The summed E-state index contributed by atoms with van der Waals surface area (Å²) >= 11 is 0. The molecule has 0 atom stereocenters. The van der Waals surface area contributed by atoms with Crippen LogP contribution in [0.4, 0.5) is 4.79 Å². The van der Waals surface area contributed by atoms with E-state index < -0.39 is 0 Å². The highest BCUT2D eigenvalue weighted by molar-refractivity contribution is 5.74. The van der Waals surface area contributed by atoms with Gasteiger partial charge >= 0.3 is 6.03 Å². The van der Waals surface area contributed by atoms with Gasteiger partial charge in [0.05, 0.1) is 28.4 Å². The van der Waals surface area contributed by atoms with Crippen molar-refractivity contribution in [2.75, 3.05) is 35.0 Å². The molecule has 2 aromatic rings. The van der Waals surface area contributed by atoms with E-state index in [1.165, 1.54) is 5.56 Å². The first-order chi connectivity index (χ1) is 13.6. The lowest BCUT2D eigenvalue weighted by atomic mass is 9.99. The molecular formula is C21H26N2O5. The number of nitrogens with one attached hydrogen (secondary N) is 1. The second-order valence-electron chi connectivity index (χ2n) is 6.50. The van der Waals surface area contributed by atoms with Gasteiger partial charge in [0.1, 0.15) is 0 Å². The van der Waals surface area contributed by atoms with Crippen LogP contribution in [-0.4, -0.2) is 45.9 Å². The lowest BCUT2D eigenvalue weighted by molar-refractivity contribution is 0.191. The number of nitrogens with zero attached hydrogens (tertiary/aromatic N) is 1. The monoisotopic (exact) mass is 386 g/mol. The average Bonchev–Trinajstić information content (AvgIpc) is 2.75. The Hall–Kier alpha value is -3.09. The van der Waals surface area contributed by atoms with E-state index in [4.69, 9.17) is 18.9 Å². The van der Waals surface area contributed by atoms with Crippen molar-refractivity contribution in [3.63, 3.8) is 0 Å². The Morgan fingerprint density at radius 3 is 2.14 bits per heavy atom. The SMILES string of the molecule is COc1ccc(CNC(=O)N2CCc3cc(OC)c(OC)cc3C2)cc1OC. The van der Waals surface area contributed by atoms with Crippen LogP contribution in [0.2, 0.25) is 0 Å². The Balaban J connectivity index is 1.65. The van der Waals surface area contributed by atoms with E-state index in [1.54, 1.807) is 33.3 Å². The first-order valence-electron chi connectivity index (χ1n) is 9.07. The van der Waals surface area contributed by atoms with E-state index in [9.17, 15) is 4.79 Å². The molecule has 0 bridgehead atoms. The predicted molar refractivity (Wildman–Crippen MR) is 105 cm³/mol. The molecule has 1 aliphatic heterocycles. The molecule has 0 spiro atoms. The molecule has 1 N–H and O–H groups in total. The first kappa shape index (κ1) is 19.7. The van der Waals surface area contributed by atoms with E-state index in [-0.39, 0.29) is 6.03 Å². The van der Waals surface area contributed by atoms with Crippen molar-refractivity contribution in [2.24, 2.45) is 0 Å². The van der Waals surface area contributed by atoms with Crippen LogP contribution in [-0.2, 0) is 19.5 Å². The van der Waals surface area contributed by atoms with Crippen LogP contribution in [0.5, 0.6) is 23.0 Å². The Bertz CT molecular complexity index is 853. The number of rotatable bonds is 6. The summed E-state index contributed by atoms with van der Waals surface area (Å²) in [4.78, 5) is 14.4. The number of fused-ring (bicyclic) bond motifs is 1. The third kappa shape index (κ3) is 4.08. The summed E-state index contributed by atoms with van der Waals surface area (Å²) in [5.41, 5.74) is 3.20. The zero-order chi connectivity index (χ0) is 20.1. The van der Waals surface area contributed by atoms with Gasteiger partial charge < -0.3 is 29.2 Å². The summed E-state index contributed by atoms with van der Waals surface area (Å²) in [6.07, 6.45) is 0.777. The maximum atomic E-state index is 12.6. The normalized spacial score (nSPS) is 12.8. The summed E-state index contributed by atoms with van der Waals surface area (Å²) in [5, 5.41) is 2.97. The van der Waals surface area contributed by atoms with Gasteiger partial charge in [0.15, 0.2) is 23.0 Å². The van der Waals surface area contributed by atoms with Gasteiger partial charge in [0.25, 0.3) is 0 Å². The standard InChI is InChI=1S/C21H26N2O5/c1-25-17-6-5-14(9-18(17)26-2)12-22-21(24)23-8-7-15-10-19(27-3)20(28-4)11-16(15)13-23/h5-6,9-11H,7-8,12-13H2,1-4H3,(H,22,24). The van der Waals surface area contributed by atoms with Crippen molar-refractivity contribution >= 4 is 6.03 Å². The fourth-order valence-electron chi connectivity index (χ4n) is 3.34. The number of methoxy groups -OCH3 is 4. The van der Waals surface area contributed by atoms with Crippen LogP contribution in [0.1, 0.15) is 16.7 Å². The van der Waals surface area contributed by atoms with Crippen LogP contribution < -0.4 is 24.3 Å². The largest absolute Gasteiger partial charge is 0.493 e. The lowest BCUT2D eigenvalue weighted by Crippen LogP contribution is -2.42. The number of hydrogen-bond donors (Lipinski definition) is 1. The predicted octanol–water partition coefficient (Wildman–Crippen LogP) is 2.99. The number of ether oxygens (including phenoxy) is 4. The molecule has 1 aliphatic rings. The second-order valence-corrected chi connectivity index (χ2v) is 6.50. The van der Waals surface area contributed by atoms with Crippen molar-refractivity contribution in [3.8, 4) is 23.0 Å². The summed E-state index contributed by atoms with van der Waals surface area (Å²) in [6.45, 7) is 1.60. The summed E-state index contributed by atoms with van der Waals surface area (Å²) in [6, 6.07) is 9.44. The van der Waals surface area contributed by atoms with Crippen molar-refractivity contribution in [1.82, 2.24) is 10.2 Å². The van der Waals surface area contributed by atoms with Gasteiger partial charge in [0, 0.05) is 19.6 Å². The van der Waals surface area contributed by atoms with E-state index in [1.807, 2.05) is 30.3 Å². The summed E-state index contributed by atoms with van der Waals surface area (Å²) in [5.74, 6) is 2.69. The second kappa shape index (κ2) is 8.73. The van der Waals surface area contributed by atoms with Crippen LogP contribution >= 0.6 is 0 Å². The molecule has 0 saturated carbocycles. The van der Waals surface area contributed by atoms with Gasteiger partial charge in [0.2, 0.25) is 0 Å². The van der Waals surface area contributed by atoms with Crippen molar-refractivity contribution in [2.45, 2.75) is 19.5 Å². The molecule has 2 aromatic carbocycles. The Morgan fingerprint density at radius 1 is 0.893 bits per heavy atom. The van der Waals surface area contributed by atoms with Gasteiger partial charge in [-0.25, -0.2) is 4.79 Å². The van der Waals surface area contributed by atoms with Crippen LogP contribution in [0, 0.1) is 0 Å². The van der Waals surface area contributed by atoms with Gasteiger partial charge in [-0.1, -0.05) is 6.07 Å². The lowest BCUT2D eigenvalue weighted by Gasteiger charge is -2.29. The molecule has 1 heterocycles. The minimum Gasteiger partial charge on any atom is -0.493 e. The van der Waals surface area contributed by atoms with Crippen molar-refractivity contribution < 1.29 is 23.7 Å². The summed E-state index contributed by atoms with van der Waals surface area (Å²) in [7, 11) is 6.43. The first-order valence-corrected chi connectivity index (χ1v) is 9.07. The van der Waals surface area contributed by atoms with Crippen LogP contribution in [0.25, 0.3) is 0 Å². The van der Waals surface area contributed by atoms with E-state index in [0.29, 0.717) is 42.6 Å². The van der Waals surface area contributed by atoms with Gasteiger partial charge in [-0.2, -0.15) is 0 Å². The Morgan fingerprint density at radius 2 is 1.50 bits per heavy atom. The molecule has 7 nitrogen and oxygen atoms in total. The third-order valence-electron chi connectivity index (χ3n) is 4.90. The molecule has 0 aromatic heterocycles. The highest BCUT2D eigenvalue weighted by Gasteiger charge is 2.22. The maximum absolute atomic E-state index is 12.6. The molecule has 3 rings (SSSR count). The molecule has 28 heavy (non-hydrogen) atoms. The molecule has 0 aliphatic carbocycles. The van der Waals surface area contributed by atoms with Gasteiger partial charge in [-0.05, 0) is 47.4 Å². The number of benzene rings is 2. The van der Waals surface area contributed by atoms with E-state index >= 15 is 0 Å². The Labute approximate surface area is 165 Å². The van der Waals surface area contributed by atoms with Gasteiger partial charge in [-0.15, -0.1) is 0 Å². The zero-order valence-electron chi connectivity index (χ0n) is 16.7. The number of amides is 2. The third-order valence-corrected chi connectivity index (χ3v) is 4.90. The summed E-state index contributed by atoms with van der Waals surface area (Å²) < 4.78 is 21.3. The fourth-order valence-corrected chi connectivity index (χ4v) is 3.34. The number of carbonyl (C=O) groups excluding carboxylic acids is 1. The fraction of sp³-hybridized carbons (Fsp3) is 0.381. The molecular weight excluding hydrogens is 360 g/mol. The molecule has 0 radical (unpaired) electrons. The van der Waals surface area contributed by atoms with Gasteiger partial charge in [-0.3, -0.25) is 0 Å². The molecule has 7 heteroatoms. The minimum absolute atomic E-state index is 0.102. The topological polar surface area (TPSA) is 69.3 Å². The molecule has 0 saturated heterocycles. The number of carbonyl (C=O) groups is 1. The van der Waals surface area contributed by atoms with E-state index in [0.717, 1.165) is 17.5 Å². The number of urea groups is 1. The highest BCUT2D eigenvalue weighted by Crippen LogP contribution is 2.33. The molecule has 150 valence electrons. The van der Waals surface area contributed by atoms with Crippen molar-refractivity contribution in [3.05, 3.63) is 47.0 Å². The van der Waals surface area contributed by atoms with Crippen LogP contribution in [0.3, 0.4) is 0 Å². The van der Waals surface area contributed by atoms with Crippen LogP contribution in [0.15, 0.2) is 30.3 Å². The zero-order valence-corrected chi connectivity index (χ0v) is 16.7. The quantitative estimate of drug-likeness (QED) is 0.827. The van der Waals surface area contributed by atoms with E-state index in [2.05, 4.69) is 5.32 Å². The smallest absolute Gasteiger partial charge is 0.317 e. The molecule has 0 fully saturated rings. The van der Waals surface area contributed by atoms with Crippen molar-refractivity contribution in [1.29, 1.82) is 0 Å². The average molecular weight is 386 g/mol. The number of hydrogen-bond acceptors (Lipinski definition) is 5. The molecule has 2 amide bonds.